The Labute approximate surface area is 119 Å². The Hall–Kier alpha value is -2.07. The van der Waals surface area contributed by atoms with Crippen molar-refractivity contribution in [2.45, 2.75) is 18.2 Å². The fourth-order valence-corrected chi connectivity index (χ4v) is 3.32. The van der Waals surface area contributed by atoms with Gasteiger partial charge in [-0.3, -0.25) is 14.5 Å². The first-order chi connectivity index (χ1) is 9.37. The van der Waals surface area contributed by atoms with E-state index in [1.807, 2.05) is 0 Å². The van der Waals surface area contributed by atoms with E-state index in [2.05, 4.69) is 25.2 Å². The fourth-order valence-electron chi connectivity index (χ4n) is 1.33. The number of anilines is 2. The molecule has 0 aliphatic heterocycles. The van der Waals surface area contributed by atoms with Crippen molar-refractivity contribution in [1.29, 1.82) is 0 Å². The lowest BCUT2D eigenvalue weighted by Gasteiger charge is -2.04. The maximum atomic E-state index is 12.1. The minimum Gasteiger partial charge on any atom is -0.301 e. The van der Waals surface area contributed by atoms with Crippen LogP contribution in [0.15, 0.2) is 22.7 Å². The summed E-state index contributed by atoms with van der Waals surface area (Å²) in [6, 6.07) is 3.12. The Morgan fingerprint density at radius 2 is 2.10 bits per heavy atom. The topological polar surface area (TPSA) is 114 Å². The molecule has 2 N–H and O–H groups in total. The van der Waals surface area contributed by atoms with Crippen LogP contribution in [-0.4, -0.2) is 29.5 Å². The van der Waals surface area contributed by atoms with Gasteiger partial charge < -0.3 is 5.32 Å². The molecular weight excluding hydrogens is 302 g/mol. The van der Waals surface area contributed by atoms with Crippen molar-refractivity contribution < 1.29 is 13.2 Å². The van der Waals surface area contributed by atoms with E-state index in [4.69, 9.17) is 0 Å². The van der Waals surface area contributed by atoms with Crippen molar-refractivity contribution in [3.05, 3.63) is 24.0 Å². The normalized spacial score (nSPS) is 11.1. The highest BCUT2D eigenvalue weighted by molar-refractivity contribution is 7.94. The minimum atomic E-state index is -3.83. The van der Waals surface area contributed by atoms with Crippen LogP contribution in [0.1, 0.15) is 12.6 Å². The quantitative estimate of drug-likeness (QED) is 0.814. The van der Waals surface area contributed by atoms with Gasteiger partial charge in [-0.05, 0) is 19.1 Å². The van der Waals surface area contributed by atoms with Crippen LogP contribution < -0.4 is 10.0 Å². The average Bonchev–Trinajstić information content (AvgIpc) is 2.76. The van der Waals surface area contributed by atoms with Gasteiger partial charge in [0.25, 0.3) is 14.4 Å². The lowest BCUT2D eigenvalue weighted by molar-refractivity contribution is -0.114. The number of nitrogens with zero attached hydrogens (tertiary/aromatic N) is 3. The van der Waals surface area contributed by atoms with E-state index >= 15 is 0 Å². The SMILES string of the molecule is CC(=O)Nc1nnc(S(=O)(=O)Nc2ccnc(C)c2)s1. The van der Waals surface area contributed by atoms with Crippen molar-refractivity contribution >= 4 is 38.1 Å². The Morgan fingerprint density at radius 3 is 2.75 bits per heavy atom. The predicted octanol–water partition coefficient (Wildman–Crippen LogP) is 1.00. The molecule has 0 radical (unpaired) electrons. The second-order valence-corrected chi connectivity index (χ2v) is 6.68. The first kappa shape index (κ1) is 14.3. The molecule has 2 aromatic rings. The van der Waals surface area contributed by atoms with E-state index in [-0.39, 0.29) is 15.4 Å². The summed E-state index contributed by atoms with van der Waals surface area (Å²) in [6.45, 7) is 3.05. The van der Waals surface area contributed by atoms with E-state index in [0.717, 1.165) is 11.3 Å². The summed E-state index contributed by atoms with van der Waals surface area (Å²) in [4.78, 5) is 14.8. The molecule has 2 aromatic heterocycles. The molecule has 0 fully saturated rings. The molecule has 0 aliphatic carbocycles. The van der Waals surface area contributed by atoms with Crippen LogP contribution in [0.25, 0.3) is 0 Å². The summed E-state index contributed by atoms with van der Waals surface area (Å²) in [5, 5.41) is 9.64. The summed E-state index contributed by atoms with van der Waals surface area (Å²) < 4.78 is 26.3. The van der Waals surface area contributed by atoms with Crippen LogP contribution >= 0.6 is 11.3 Å². The van der Waals surface area contributed by atoms with E-state index in [0.29, 0.717) is 11.4 Å². The van der Waals surface area contributed by atoms with Gasteiger partial charge in [-0.15, -0.1) is 10.2 Å². The number of pyridine rings is 1. The summed E-state index contributed by atoms with van der Waals surface area (Å²) in [5.74, 6) is -0.345. The van der Waals surface area contributed by atoms with Crippen molar-refractivity contribution in [2.75, 3.05) is 10.0 Å². The molecule has 0 spiro atoms. The molecule has 10 heteroatoms. The van der Waals surface area contributed by atoms with E-state index in [1.165, 1.54) is 19.2 Å². The predicted molar refractivity (Wildman–Crippen MR) is 74.0 cm³/mol. The molecule has 0 unspecified atom stereocenters. The first-order valence-corrected chi connectivity index (χ1v) is 7.73. The summed E-state index contributed by atoms with van der Waals surface area (Å²) >= 11 is 0.771. The monoisotopic (exact) mass is 313 g/mol. The van der Waals surface area contributed by atoms with Crippen LogP contribution in [0.4, 0.5) is 10.8 Å². The third-order valence-corrected chi connectivity index (χ3v) is 4.66. The van der Waals surface area contributed by atoms with Gasteiger partial charge in [0.1, 0.15) is 0 Å². The third-order valence-electron chi connectivity index (χ3n) is 2.07. The maximum absolute atomic E-state index is 12.1. The van der Waals surface area contributed by atoms with Crippen molar-refractivity contribution in [1.82, 2.24) is 15.2 Å². The Balaban J connectivity index is 2.22. The molecule has 0 aromatic carbocycles. The van der Waals surface area contributed by atoms with Gasteiger partial charge in [0.05, 0.1) is 5.69 Å². The number of sulfonamides is 1. The number of nitrogens with one attached hydrogen (secondary N) is 2. The molecule has 0 saturated carbocycles. The first-order valence-electron chi connectivity index (χ1n) is 5.43. The lowest BCUT2D eigenvalue weighted by Crippen LogP contribution is -2.12. The molecule has 0 aliphatic rings. The molecule has 2 rings (SSSR count). The molecule has 2 heterocycles. The van der Waals surface area contributed by atoms with Gasteiger partial charge >= 0.3 is 0 Å². The Kier molecular flexibility index (Phi) is 3.95. The van der Waals surface area contributed by atoms with Gasteiger partial charge in [-0.25, -0.2) is 0 Å². The zero-order valence-corrected chi connectivity index (χ0v) is 12.2. The molecule has 0 atom stereocenters. The molecule has 0 saturated heterocycles. The standard InChI is InChI=1S/C10H11N5O3S2/c1-6-5-8(3-4-11-6)15-20(17,18)10-14-13-9(19-10)12-7(2)16/h3-5H,1-2H3,(H,11,15)(H,12,13,16). The van der Waals surface area contributed by atoms with Crippen LogP contribution in [0, 0.1) is 6.92 Å². The second kappa shape index (κ2) is 5.51. The molecular formula is C10H11N5O3S2. The van der Waals surface area contributed by atoms with Gasteiger partial charge in [0.2, 0.25) is 11.0 Å². The molecule has 20 heavy (non-hydrogen) atoms. The van der Waals surface area contributed by atoms with Crippen LogP contribution in [0.2, 0.25) is 0 Å². The number of carbonyl (C=O) groups excluding carboxylic acids is 1. The molecule has 106 valence electrons. The average molecular weight is 313 g/mol. The number of carbonyl (C=O) groups is 1. The zero-order valence-electron chi connectivity index (χ0n) is 10.6. The zero-order chi connectivity index (χ0) is 14.8. The van der Waals surface area contributed by atoms with Crippen LogP contribution in [-0.2, 0) is 14.8 Å². The minimum absolute atomic E-state index is 0.129. The molecule has 0 bridgehead atoms. The highest BCUT2D eigenvalue weighted by Gasteiger charge is 2.20. The van der Waals surface area contributed by atoms with Gasteiger partial charge in [0, 0.05) is 18.8 Å². The van der Waals surface area contributed by atoms with Gasteiger partial charge in [0.15, 0.2) is 0 Å². The summed E-state index contributed by atoms with van der Waals surface area (Å²) in [7, 11) is -3.83. The maximum Gasteiger partial charge on any atom is 0.291 e. The largest absolute Gasteiger partial charge is 0.301 e. The smallest absolute Gasteiger partial charge is 0.291 e. The van der Waals surface area contributed by atoms with Crippen molar-refractivity contribution in [2.24, 2.45) is 0 Å². The van der Waals surface area contributed by atoms with Crippen LogP contribution in [0.5, 0.6) is 0 Å². The van der Waals surface area contributed by atoms with Crippen molar-refractivity contribution in [3.63, 3.8) is 0 Å². The van der Waals surface area contributed by atoms with Gasteiger partial charge in [-0.2, -0.15) is 8.42 Å². The number of aryl methyl sites for hydroxylation is 1. The second-order valence-electron chi connectivity index (χ2n) is 3.85. The van der Waals surface area contributed by atoms with Gasteiger partial charge in [-0.1, -0.05) is 11.3 Å². The van der Waals surface area contributed by atoms with E-state index in [1.54, 1.807) is 13.0 Å². The van der Waals surface area contributed by atoms with Crippen molar-refractivity contribution in [3.8, 4) is 0 Å². The molecule has 8 nitrogen and oxygen atoms in total. The Morgan fingerprint density at radius 1 is 1.35 bits per heavy atom. The Bertz CT molecular complexity index is 741. The number of hydrogen-bond acceptors (Lipinski definition) is 7. The fraction of sp³-hybridized carbons (Fsp3) is 0.200. The summed E-state index contributed by atoms with van der Waals surface area (Å²) in [5.41, 5.74) is 1.06. The summed E-state index contributed by atoms with van der Waals surface area (Å²) in [6.07, 6.45) is 1.50. The molecule has 1 amide bonds. The number of hydrogen-bond donors (Lipinski definition) is 2. The number of aromatic nitrogens is 3. The number of amides is 1. The number of rotatable bonds is 4. The lowest BCUT2D eigenvalue weighted by atomic mass is 10.3. The van der Waals surface area contributed by atoms with E-state index in [9.17, 15) is 13.2 Å². The van der Waals surface area contributed by atoms with E-state index < -0.39 is 10.0 Å². The highest BCUT2D eigenvalue weighted by atomic mass is 32.2. The third kappa shape index (κ3) is 3.48. The van der Waals surface area contributed by atoms with Crippen LogP contribution in [0.3, 0.4) is 0 Å². The highest BCUT2D eigenvalue weighted by Crippen LogP contribution is 2.22.